The molecular weight excluding hydrogens is 468 g/mol. The molecule has 2 atom stereocenters. The van der Waals surface area contributed by atoms with E-state index in [9.17, 15) is 9.59 Å². The molecule has 1 fully saturated rings. The fraction of sp³-hybridized carbons (Fsp3) is 0.280. The first kappa shape index (κ1) is 23.0. The lowest BCUT2D eigenvalue weighted by molar-refractivity contribution is -0.119. The van der Waals surface area contributed by atoms with E-state index in [0.29, 0.717) is 35.2 Å². The molecule has 2 aliphatic heterocycles. The van der Waals surface area contributed by atoms with Crippen molar-refractivity contribution >= 4 is 29.4 Å². The molecule has 9 nitrogen and oxygen atoms in total. The quantitative estimate of drug-likeness (QED) is 0.478. The van der Waals surface area contributed by atoms with Gasteiger partial charge >= 0.3 is 6.03 Å². The Kier molecular flexibility index (Phi) is 6.21. The molecule has 0 saturated carbocycles. The second kappa shape index (κ2) is 9.46. The van der Waals surface area contributed by atoms with Crippen LogP contribution in [0.15, 0.2) is 58.5 Å². The molecule has 0 radical (unpaired) electrons. The molecule has 10 heteroatoms. The van der Waals surface area contributed by atoms with E-state index in [4.69, 9.17) is 14.0 Å². The van der Waals surface area contributed by atoms with Gasteiger partial charge in [-0.25, -0.2) is 9.69 Å². The number of carbonyl (C=O) groups is 2. The van der Waals surface area contributed by atoms with Crippen LogP contribution in [0, 0.1) is 6.92 Å². The number of para-hydroxylation sites is 1. The van der Waals surface area contributed by atoms with Crippen molar-refractivity contribution in [2.75, 3.05) is 18.6 Å². The van der Waals surface area contributed by atoms with Crippen molar-refractivity contribution in [1.82, 2.24) is 15.0 Å². The SMILES string of the molecule is CCOc1ccc(-c2noc(CN3C(=O)N(c4ccccc4C)C(=O)C4SC=CC43)n2)cc1OC. The third-order valence-corrected chi connectivity index (χ3v) is 7.01. The summed E-state index contributed by atoms with van der Waals surface area (Å²) in [6.45, 7) is 4.36. The largest absolute Gasteiger partial charge is 0.493 e. The summed E-state index contributed by atoms with van der Waals surface area (Å²) in [5.41, 5.74) is 2.11. The van der Waals surface area contributed by atoms with Gasteiger partial charge < -0.3 is 18.9 Å². The van der Waals surface area contributed by atoms with Gasteiger partial charge in [0.2, 0.25) is 11.7 Å². The van der Waals surface area contributed by atoms with Crippen molar-refractivity contribution in [3.05, 3.63) is 65.4 Å². The van der Waals surface area contributed by atoms with E-state index in [2.05, 4.69) is 10.1 Å². The minimum Gasteiger partial charge on any atom is -0.493 e. The fourth-order valence-corrected chi connectivity index (χ4v) is 5.26. The van der Waals surface area contributed by atoms with Crippen LogP contribution in [0.1, 0.15) is 18.4 Å². The van der Waals surface area contributed by atoms with Crippen LogP contribution in [0.2, 0.25) is 0 Å². The predicted octanol–water partition coefficient (Wildman–Crippen LogP) is 4.42. The van der Waals surface area contributed by atoms with E-state index < -0.39 is 11.3 Å². The summed E-state index contributed by atoms with van der Waals surface area (Å²) in [7, 11) is 1.57. The Morgan fingerprint density at radius 2 is 1.97 bits per heavy atom. The number of hydrogen-bond acceptors (Lipinski definition) is 8. The average molecular weight is 493 g/mol. The summed E-state index contributed by atoms with van der Waals surface area (Å²) in [6.07, 6.45) is 1.87. The highest BCUT2D eigenvalue weighted by atomic mass is 32.2. The fourth-order valence-electron chi connectivity index (χ4n) is 4.21. The highest BCUT2D eigenvalue weighted by Crippen LogP contribution is 2.38. The van der Waals surface area contributed by atoms with Crippen LogP contribution >= 0.6 is 11.8 Å². The van der Waals surface area contributed by atoms with Gasteiger partial charge in [0.05, 0.1) is 25.4 Å². The van der Waals surface area contributed by atoms with Gasteiger partial charge in [0, 0.05) is 5.56 Å². The molecule has 5 rings (SSSR count). The number of amides is 3. The maximum Gasteiger partial charge on any atom is 0.332 e. The van der Waals surface area contributed by atoms with E-state index in [0.717, 1.165) is 5.56 Å². The third-order valence-electron chi connectivity index (χ3n) is 5.92. The van der Waals surface area contributed by atoms with Gasteiger partial charge in [-0.05, 0) is 49.1 Å². The van der Waals surface area contributed by atoms with Crippen molar-refractivity contribution in [3.8, 4) is 22.9 Å². The number of aromatic nitrogens is 2. The normalized spacial score (nSPS) is 19.3. The summed E-state index contributed by atoms with van der Waals surface area (Å²) < 4.78 is 16.5. The smallest absolute Gasteiger partial charge is 0.332 e. The molecule has 0 aliphatic carbocycles. The molecule has 35 heavy (non-hydrogen) atoms. The molecule has 3 aromatic rings. The number of nitrogens with zero attached hydrogens (tertiary/aromatic N) is 4. The van der Waals surface area contributed by atoms with Gasteiger partial charge in [-0.2, -0.15) is 4.98 Å². The number of ether oxygens (including phenoxy) is 2. The number of imide groups is 1. The van der Waals surface area contributed by atoms with Crippen molar-refractivity contribution in [2.45, 2.75) is 31.7 Å². The zero-order chi connectivity index (χ0) is 24.5. The van der Waals surface area contributed by atoms with Gasteiger partial charge in [-0.15, -0.1) is 11.8 Å². The highest BCUT2D eigenvalue weighted by Gasteiger charge is 2.48. The molecule has 3 heterocycles. The molecule has 180 valence electrons. The van der Waals surface area contributed by atoms with E-state index in [1.165, 1.54) is 16.7 Å². The highest BCUT2D eigenvalue weighted by molar-refractivity contribution is 8.03. The number of anilines is 1. The molecule has 0 N–H and O–H groups in total. The van der Waals surface area contributed by atoms with Crippen molar-refractivity contribution in [3.63, 3.8) is 0 Å². The molecule has 0 spiro atoms. The number of methoxy groups -OCH3 is 1. The van der Waals surface area contributed by atoms with E-state index in [-0.39, 0.29) is 24.4 Å². The lowest BCUT2D eigenvalue weighted by Gasteiger charge is -2.40. The number of fused-ring (bicyclic) bond motifs is 1. The molecule has 2 aromatic carbocycles. The average Bonchev–Trinajstić information content (AvgIpc) is 3.54. The molecule has 1 saturated heterocycles. The number of carbonyl (C=O) groups excluding carboxylic acids is 2. The molecule has 0 bridgehead atoms. The number of urea groups is 1. The van der Waals surface area contributed by atoms with Crippen LogP contribution < -0.4 is 14.4 Å². The first-order valence-electron chi connectivity index (χ1n) is 11.2. The lowest BCUT2D eigenvalue weighted by atomic mass is 10.1. The van der Waals surface area contributed by atoms with E-state index >= 15 is 0 Å². The monoisotopic (exact) mass is 492 g/mol. The Bertz CT molecular complexity index is 1310. The standard InChI is InChI=1S/C25H24N4O5S/c1-4-33-19-10-9-16(13-20(19)32-3)23-26-21(34-27-23)14-28-18-11-12-35-22(18)24(30)29(25(28)31)17-8-6-5-7-15(17)2/h5-13,18,22H,4,14H2,1-3H3. The van der Waals surface area contributed by atoms with Gasteiger partial charge in [0.15, 0.2) is 11.5 Å². The number of thioether (sulfide) groups is 1. The number of benzene rings is 2. The van der Waals surface area contributed by atoms with Gasteiger partial charge in [-0.3, -0.25) is 4.79 Å². The van der Waals surface area contributed by atoms with Crippen molar-refractivity contribution in [1.29, 1.82) is 0 Å². The number of rotatable bonds is 7. The van der Waals surface area contributed by atoms with Gasteiger partial charge in [0.25, 0.3) is 5.91 Å². The maximum atomic E-state index is 13.6. The molecule has 1 aromatic heterocycles. The number of aryl methyl sites for hydroxylation is 1. The molecule has 2 aliphatic rings. The van der Waals surface area contributed by atoms with E-state index in [1.807, 2.05) is 49.6 Å². The van der Waals surface area contributed by atoms with Crippen LogP contribution in [0.4, 0.5) is 10.5 Å². The minimum atomic E-state index is -0.426. The Labute approximate surface area is 206 Å². The third kappa shape index (κ3) is 4.14. The zero-order valence-electron chi connectivity index (χ0n) is 19.5. The van der Waals surface area contributed by atoms with Crippen LogP contribution in [0.3, 0.4) is 0 Å². The molecule has 2 unspecified atom stereocenters. The van der Waals surface area contributed by atoms with E-state index in [1.54, 1.807) is 30.2 Å². The lowest BCUT2D eigenvalue weighted by Crippen LogP contribution is -2.61. The summed E-state index contributed by atoms with van der Waals surface area (Å²) in [5, 5.41) is 5.53. The van der Waals surface area contributed by atoms with Crippen molar-refractivity contribution in [2.24, 2.45) is 0 Å². The first-order valence-corrected chi connectivity index (χ1v) is 12.1. The second-order valence-corrected chi connectivity index (χ2v) is 9.11. The first-order chi connectivity index (χ1) is 17.0. The van der Waals surface area contributed by atoms with Gasteiger partial charge in [-0.1, -0.05) is 29.4 Å². The van der Waals surface area contributed by atoms with Gasteiger partial charge in [0.1, 0.15) is 11.8 Å². The molecular formula is C25H24N4O5S. The van der Waals surface area contributed by atoms with Crippen LogP contribution in [-0.4, -0.2) is 52.0 Å². The maximum absolute atomic E-state index is 13.6. The van der Waals surface area contributed by atoms with Crippen LogP contribution in [0.25, 0.3) is 11.4 Å². The number of hydrogen-bond donors (Lipinski definition) is 0. The summed E-state index contributed by atoms with van der Waals surface area (Å²) >= 11 is 1.41. The Morgan fingerprint density at radius 3 is 2.74 bits per heavy atom. The summed E-state index contributed by atoms with van der Waals surface area (Å²) in [6, 6.07) is 11.9. The van der Waals surface area contributed by atoms with Crippen LogP contribution in [-0.2, 0) is 11.3 Å². The zero-order valence-corrected chi connectivity index (χ0v) is 20.3. The Hall–Kier alpha value is -3.79. The van der Waals surface area contributed by atoms with Crippen LogP contribution in [0.5, 0.6) is 11.5 Å². The Balaban J connectivity index is 1.43. The second-order valence-electron chi connectivity index (χ2n) is 8.06. The van der Waals surface area contributed by atoms with Crippen molar-refractivity contribution < 1.29 is 23.6 Å². The Morgan fingerprint density at radius 1 is 1.14 bits per heavy atom. The summed E-state index contributed by atoms with van der Waals surface area (Å²) in [4.78, 5) is 34.2. The predicted molar refractivity (Wildman–Crippen MR) is 131 cm³/mol. The topological polar surface area (TPSA) is 98.0 Å². The summed E-state index contributed by atoms with van der Waals surface area (Å²) in [5.74, 6) is 1.59. The molecule has 3 amide bonds. The minimum absolute atomic E-state index is 0.0712.